The maximum absolute atomic E-state index is 8.84. The van der Waals surface area contributed by atoms with Crippen molar-refractivity contribution in [2.45, 2.75) is 0 Å². The molecule has 0 amide bonds. The molecule has 0 aliphatic heterocycles. The van der Waals surface area contributed by atoms with Gasteiger partial charge in [-0.3, -0.25) is 0 Å². The van der Waals surface area contributed by atoms with E-state index in [-0.39, 0.29) is 11.4 Å². The third kappa shape index (κ3) is 7.63. The van der Waals surface area contributed by atoms with Gasteiger partial charge < -0.3 is 31.0 Å². The average molecular weight is 673 g/mol. The second-order valence-corrected chi connectivity index (χ2v) is 10.3. The van der Waals surface area contributed by atoms with Gasteiger partial charge in [-0.1, -0.05) is 23.2 Å². The van der Waals surface area contributed by atoms with Gasteiger partial charge in [0.25, 0.3) is 0 Å². The zero-order valence-corrected chi connectivity index (χ0v) is 25.4. The summed E-state index contributed by atoms with van der Waals surface area (Å²) in [5, 5.41) is 26.8. The minimum atomic E-state index is -1.56. The molecule has 15 heteroatoms. The summed E-state index contributed by atoms with van der Waals surface area (Å²) in [6, 6.07) is 19.7. The monoisotopic (exact) mass is 671 g/mol. The molecule has 0 bridgehead atoms. The molecule has 42 heavy (non-hydrogen) atoms. The van der Waals surface area contributed by atoms with Crippen molar-refractivity contribution in [3.05, 3.63) is 93.6 Å². The van der Waals surface area contributed by atoms with Gasteiger partial charge in [-0.05, 0) is 76.6 Å². The highest BCUT2D eigenvalue weighted by molar-refractivity contribution is 9.10. The number of halogens is 3. The van der Waals surface area contributed by atoms with Crippen molar-refractivity contribution >= 4 is 74.6 Å². The Balaban J connectivity index is 0.000000153. The summed E-state index contributed by atoms with van der Waals surface area (Å²) in [5.74, 6) is 2.08. The molecule has 0 aliphatic rings. The second kappa shape index (κ2) is 13.8. The van der Waals surface area contributed by atoms with E-state index in [1.165, 1.54) is 13.2 Å². The summed E-state index contributed by atoms with van der Waals surface area (Å²) in [4.78, 5) is 4.08. The van der Waals surface area contributed by atoms with E-state index in [1.54, 1.807) is 34.3 Å². The minimum Gasteiger partial charge on any atom is -0.497 e. The average Bonchev–Trinajstić information content (AvgIpc) is 3.53. The highest BCUT2D eigenvalue weighted by Gasteiger charge is 2.15. The molecule has 2 aromatic carbocycles. The maximum atomic E-state index is 8.84. The molecule has 0 aliphatic carbocycles. The van der Waals surface area contributed by atoms with Gasteiger partial charge in [0.15, 0.2) is 5.65 Å². The molecule has 4 heterocycles. The normalized spacial score (nSPS) is 10.5. The number of methoxy groups -OCH3 is 2. The third-order valence-electron chi connectivity index (χ3n) is 5.76. The van der Waals surface area contributed by atoms with Crippen LogP contribution >= 0.6 is 39.1 Å². The van der Waals surface area contributed by atoms with Crippen molar-refractivity contribution in [3.63, 3.8) is 0 Å². The van der Waals surface area contributed by atoms with Crippen molar-refractivity contribution < 1.29 is 19.5 Å². The lowest BCUT2D eigenvalue weighted by Crippen LogP contribution is -2.30. The van der Waals surface area contributed by atoms with Gasteiger partial charge >= 0.3 is 7.12 Å². The van der Waals surface area contributed by atoms with E-state index in [2.05, 4.69) is 31.1 Å². The fourth-order valence-electron chi connectivity index (χ4n) is 3.74. The Hall–Kier alpha value is -4.01. The van der Waals surface area contributed by atoms with E-state index < -0.39 is 7.12 Å². The number of fused-ring (bicyclic) bond motifs is 2. The molecule has 0 fully saturated rings. The van der Waals surface area contributed by atoms with Crippen LogP contribution < -0.4 is 26.4 Å². The summed E-state index contributed by atoms with van der Waals surface area (Å²) in [6.07, 6.45) is 3.70. The summed E-state index contributed by atoms with van der Waals surface area (Å²) in [6.45, 7) is 0. The van der Waals surface area contributed by atoms with Crippen molar-refractivity contribution in [2.24, 2.45) is 0 Å². The van der Waals surface area contributed by atoms with E-state index >= 15 is 0 Å². The Labute approximate surface area is 259 Å². The first kappa shape index (κ1) is 30.9. The van der Waals surface area contributed by atoms with Crippen molar-refractivity contribution in [1.29, 1.82) is 0 Å². The number of nitrogens with two attached hydrogens (primary N) is 2. The van der Waals surface area contributed by atoms with Gasteiger partial charge in [0.05, 0.1) is 19.7 Å². The number of rotatable bonds is 4. The quantitative estimate of drug-likeness (QED) is 0.200. The third-order valence-corrected chi connectivity index (χ3v) is 6.90. The number of hydrogen-bond donors (Lipinski definition) is 4. The Morgan fingerprint density at radius 2 is 1.50 bits per heavy atom. The largest absolute Gasteiger partial charge is 0.497 e. The van der Waals surface area contributed by atoms with Crippen LogP contribution in [0.25, 0.3) is 22.3 Å². The van der Waals surface area contributed by atoms with Crippen molar-refractivity contribution in [1.82, 2.24) is 24.2 Å². The van der Waals surface area contributed by atoms with Crippen molar-refractivity contribution in [3.8, 4) is 22.6 Å². The first-order valence-corrected chi connectivity index (χ1v) is 13.7. The number of nitrogen functional groups attached to an aromatic ring is 2. The summed E-state index contributed by atoms with van der Waals surface area (Å²) >= 11 is 15.2. The highest BCUT2D eigenvalue weighted by Crippen LogP contribution is 2.31. The number of hydrogen-bond acceptors (Lipinski definition) is 9. The topological polar surface area (TPSA) is 158 Å². The predicted octanol–water partition coefficient (Wildman–Crippen LogP) is 4.35. The van der Waals surface area contributed by atoms with E-state index in [9.17, 15) is 0 Å². The number of ether oxygens (including phenoxy) is 2. The number of benzene rings is 2. The van der Waals surface area contributed by atoms with E-state index in [0.717, 1.165) is 26.9 Å². The Morgan fingerprint density at radius 3 is 2.19 bits per heavy atom. The molecule has 4 aromatic heterocycles. The molecule has 6 aromatic rings. The first-order chi connectivity index (χ1) is 20.1. The first-order valence-electron chi connectivity index (χ1n) is 12.1. The van der Waals surface area contributed by atoms with Gasteiger partial charge in [0.1, 0.15) is 17.3 Å². The smallest absolute Gasteiger partial charge is 0.490 e. The van der Waals surface area contributed by atoms with Crippen LogP contribution in [0.4, 0.5) is 11.8 Å². The summed E-state index contributed by atoms with van der Waals surface area (Å²) < 4.78 is 14.4. The lowest BCUT2D eigenvalue weighted by Gasteiger charge is -2.07. The summed E-state index contributed by atoms with van der Waals surface area (Å²) in [7, 11) is 1.55. The van der Waals surface area contributed by atoms with Gasteiger partial charge in [-0.15, -0.1) is 5.10 Å². The minimum absolute atomic E-state index is 0.244. The second-order valence-electron chi connectivity index (χ2n) is 8.58. The van der Waals surface area contributed by atoms with Crippen LogP contribution in [0.15, 0.2) is 83.6 Å². The van der Waals surface area contributed by atoms with Crippen LogP contribution in [0.2, 0.25) is 10.0 Å². The molecule has 0 spiro atoms. The van der Waals surface area contributed by atoms with Gasteiger partial charge in [-0.2, -0.15) is 10.1 Å². The van der Waals surface area contributed by atoms with Crippen LogP contribution in [0.3, 0.4) is 0 Å². The zero-order chi connectivity index (χ0) is 30.4. The lowest BCUT2D eigenvalue weighted by molar-refractivity contribution is 0.412. The molecule has 0 radical (unpaired) electrons. The molecule has 0 unspecified atom stereocenters. The summed E-state index contributed by atoms with van der Waals surface area (Å²) in [5.41, 5.74) is 14.8. The molecule has 0 saturated heterocycles. The standard InChI is InChI=1S/C13H11ClN4O.C7H8BClO3.C7H6BrN3/c1-19-9-3-4-11(14)10(6-9)8-2-5-12-16-13(15)17-18(12)7-8;1-12-5-2-3-7(9)6(4-5)8(10)11;8-5-1-2-6-3-7(9)10-11(6)4-5/h2-7H,1H3,(H2,15,17);2-4,10-11H,1H3;1-4H,(H2,9,10). The van der Waals surface area contributed by atoms with Crippen molar-refractivity contribution in [2.75, 3.05) is 25.7 Å². The highest BCUT2D eigenvalue weighted by atomic mass is 79.9. The van der Waals surface area contributed by atoms with Crippen LogP contribution in [0, 0.1) is 0 Å². The number of anilines is 2. The van der Waals surface area contributed by atoms with Crippen LogP contribution in [-0.2, 0) is 0 Å². The molecule has 0 atom stereocenters. The van der Waals surface area contributed by atoms with Crippen LogP contribution in [0.5, 0.6) is 11.5 Å². The molecular weight excluding hydrogens is 648 g/mol. The fourth-order valence-corrected chi connectivity index (χ4v) is 4.51. The molecule has 6 rings (SSSR count). The SMILES string of the molecule is COc1ccc(Cl)c(-c2ccc3nc(N)nn3c2)c1.COc1ccc(Cl)c(B(O)O)c1.Nc1cc2ccc(Br)cn2n1. The van der Waals surface area contributed by atoms with Crippen LogP contribution in [0.1, 0.15) is 0 Å². The fraction of sp³-hybridized carbons (Fsp3) is 0.0741. The molecule has 6 N–H and O–H groups in total. The zero-order valence-electron chi connectivity index (χ0n) is 22.3. The van der Waals surface area contributed by atoms with Gasteiger partial charge in [0, 0.05) is 49.6 Å². The van der Waals surface area contributed by atoms with Gasteiger partial charge in [-0.25, -0.2) is 9.03 Å². The lowest BCUT2D eigenvalue weighted by atomic mass is 9.80. The Kier molecular flexibility index (Phi) is 10.1. The molecule has 0 saturated carbocycles. The number of pyridine rings is 2. The van der Waals surface area contributed by atoms with Gasteiger partial charge in [0.2, 0.25) is 5.95 Å². The van der Waals surface area contributed by atoms with E-state index in [1.807, 2.05) is 54.9 Å². The van der Waals surface area contributed by atoms with Crippen LogP contribution in [-0.4, -0.2) is 55.6 Å². The predicted molar refractivity (Wildman–Crippen MR) is 170 cm³/mol. The van der Waals surface area contributed by atoms with E-state index in [0.29, 0.717) is 27.3 Å². The number of aromatic nitrogens is 5. The number of nitrogens with zero attached hydrogens (tertiary/aromatic N) is 5. The Morgan fingerprint density at radius 1 is 0.810 bits per heavy atom. The van der Waals surface area contributed by atoms with E-state index in [4.69, 9.17) is 54.2 Å². The maximum Gasteiger partial charge on any atom is 0.490 e. The Bertz CT molecular complexity index is 1830. The molecule has 11 nitrogen and oxygen atoms in total. The molecule has 216 valence electrons. The molecular formula is C27H25BBrCl2N7O4.